The lowest BCUT2D eigenvalue weighted by Gasteiger charge is -2.10. The van der Waals surface area contributed by atoms with Crippen molar-refractivity contribution in [3.63, 3.8) is 0 Å². The van der Waals surface area contributed by atoms with Gasteiger partial charge in [-0.05, 0) is 49.5 Å². The van der Waals surface area contributed by atoms with Crippen LogP contribution in [0.15, 0.2) is 47.4 Å². The van der Waals surface area contributed by atoms with E-state index in [1.165, 1.54) is 25.2 Å². The first-order valence-corrected chi connectivity index (χ1v) is 7.75. The third kappa shape index (κ3) is 3.65. The molecule has 0 amide bonds. The third-order valence-electron chi connectivity index (χ3n) is 3.02. The first kappa shape index (κ1) is 15.1. The number of rotatable bonds is 5. The van der Waals surface area contributed by atoms with E-state index in [2.05, 4.69) is 10.0 Å². The van der Waals surface area contributed by atoms with Gasteiger partial charge < -0.3 is 16.2 Å². The number of aromatic hydroxyl groups is 1. The minimum absolute atomic E-state index is 0.158. The van der Waals surface area contributed by atoms with Gasteiger partial charge in [-0.15, -0.1) is 0 Å². The standard InChI is InChI=1S/C14H17N3O3S/c1-16-21(19,20)13-5-3-12(4-6-13)17-9-10-8-11(15)2-7-14(10)18/h2-8,16-18H,9,15H2,1H3. The van der Waals surface area contributed by atoms with Crippen LogP contribution in [0.5, 0.6) is 5.75 Å². The summed E-state index contributed by atoms with van der Waals surface area (Å²) in [6.45, 7) is 0.384. The van der Waals surface area contributed by atoms with Crippen LogP contribution in [0.1, 0.15) is 5.56 Å². The number of nitrogen functional groups attached to an aromatic ring is 1. The van der Waals surface area contributed by atoms with E-state index < -0.39 is 10.0 Å². The maximum absolute atomic E-state index is 11.6. The van der Waals surface area contributed by atoms with Crippen LogP contribution in [0.25, 0.3) is 0 Å². The van der Waals surface area contributed by atoms with Crippen molar-refractivity contribution in [3.05, 3.63) is 48.0 Å². The second kappa shape index (κ2) is 6.02. The second-order valence-electron chi connectivity index (χ2n) is 4.47. The second-order valence-corrected chi connectivity index (χ2v) is 6.36. The van der Waals surface area contributed by atoms with Crippen LogP contribution in [0.2, 0.25) is 0 Å². The first-order chi connectivity index (χ1) is 9.92. The van der Waals surface area contributed by atoms with Crippen molar-refractivity contribution in [2.24, 2.45) is 0 Å². The van der Waals surface area contributed by atoms with Crippen molar-refractivity contribution in [2.75, 3.05) is 18.1 Å². The Bertz CT molecular complexity index is 728. The first-order valence-electron chi connectivity index (χ1n) is 6.27. The molecular weight excluding hydrogens is 290 g/mol. The van der Waals surface area contributed by atoms with Crippen LogP contribution < -0.4 is 15.8 Å². The molecule has 0 bridgehead atoms. The van der Waals surface area contributed by atoms with Gasteiger partial charge in [0, 0.05) is 23.5 Å². The maximum atomic E-state index is 11.6. The summed E-state index contributed by atoms with van der Waals surface area (Å²) in [5.74, 6) is 0.158. The van der Waals surface area contributed by atoms with Gasteiger partial charge in [-0.3, -0.25) is 0 Å². The zero-order chi connectivity index (χ0) is 15.5. The minimum atomic E-state index is -3.43. The highest BCUT2D eigenvalue weighted by Gasteiger charge is 2.10. The lowest BCUT2D eigenvalue weighted by molar-refractivity contribution is 0.469. The summed E-state index contributed by atoms with van der Waals surface area (Å²) in [5, 5.41) is 12.8. The summed E-state index contributed by atoms with van der Waals surface area (Å²) in [5.41, 5.74) is 7.65. The van der Waals surface area contributed by atoms with Gasteiger partial charge in [0.25, 0.3) is 0 Å². The molecule has 0 atom stereocenters. The predicted molar refractivity (Wildman–Crippen MR) is 82.5 cm³/mol. The van der Waals surface area contributed by atoms with Gasteiger partial charge in [-0.2, -0.15) is 0 Å². The molecule has 0 aliphatic rings. The number of hydrogen-bond acceptors (Lipinski definition) is 5. The van der Waals surface area contributed by atoms with Crippen LogP contribution in [0.3, 0.4) is 0 Å². The number of anilines is 2. The van der Waals surface area contributed by atoms with Crippen LogP contribution >= 0.6 is 0 Å². The van der Waals surface area contributed by atoms with E-state index >= 15 is 0 Å². The predicted octanol–water partition coefficient (Wildman–Crippen LogP) is 1.49. The molecule has 0 aliphatic heterocycles. The number of phenolic OH excluding ortho intramolecular Hbond substituents is 1. The summed E-state index contributed by atoms with van der Waals surface area (Å²) < 4.78 is 25.4. The van der Waals surface area contributed by atoms with Crippen LogP contribution in [-0.2, 0) is 16.6 Å². The molecule has 2 rings (SSSR count). The number of sulfonamides is 1. The molecule has 5 N–H and O–H groups in total. The largest absolute Gasteiger partial charge is 0.508 e. The zero-order valence-corrected chi connectivity index (χ0v) is 12.3. The smallest absolute Gasteiger partial charge is 0.240 e. The summed E-state index contributed by atoms with van der Waals surface area (Å²) in [7, 11) is -2.06. The Morgan fingerprint density at radius 1 is 1.14 bits per heavy atom. The molecule has 0 aliphatic carbocycles. The molecule has 0 heterocycles. The van der Waals surface area contributed by atoms with Crippen LogP contribution in [0, 0.1) is 0 Å². The maximum Gasteiger partial charge on any atom is 0.240 e. The van der Waals surface area contributed by atoms with Gasteiger partial charge in [0.15, 0.2) is 0 Å². The quantitative estimate of drug-likeness (QED) is 0.495. The number of phenols is 1. The van der Waals surface area contributed by atoms with Crippen molar-refractivity contribution in [1.29, 1.82) is 0 Å². The summed E-state index contributed by atoms with van der Waals surface area (Å²) in [6.07, 6.45) is 0. The van der Waals surface area contributed by atoms with E-state index in [1.807, 2.05) is 0 Å². The lowest BCUT2D eigenvalue weighted by atomic mass is 10.1. The lowest BCUT2D eigenvalue weighted by Crippen LogP contribution is -2.18. The van der Waals surface area contributed by atoms with Crippen molar-refractivity contribution < 1.29 is 13.5 Å². The van der Waals surface area contributed by atoms with E-state index in [4.69, 9.17) is 5.73 Å². The molecular formula is C14H17N3O3S. The average Bonchev–Trinajstić information content (AvgIpc) is 2.48. The van der Waals surface area contributed by atoms with Crippen molar-refractivity contribution in [3.8, 4) is 5.75 Å². The van der Waals surface area contributed by atoms with Gasteiger partial charge in [0.2, 0.25) is 10.0 Å². The molecule has 0 radical (unpaired) electrons. The summed E-state index contributed by atoms with van der Waals surface area (Å²) >= 11 is 0. The van der Waals surface area contributed by atoms with Crippen molar-refractivity contribution in [1.82, 2.24) is 4.72 Å². The molecule has 0 spiro atoms. The monoisotopic (exact) mass is 307 g/mol. The fourth-order valence-corrected chi connectivity index (χ4v) is 2.54. The van der Waals surface area contributed by atoms with Gasteiger partial charge >= 0.3 is 0 Å². The SMILES string of the molecule is CNS(=O)(=O)c1ccc(NCc2cc(N)ccc2O)cc1. The van der Waals surface area contributed by atoms with E-state index in [-0.39, 0.29) is 10.6 Å². The highest BCUT2D eigenvalue weighted by Crippen LogP contribution is 2.21. The van der Waals surface area contributed by atoms with E-state index in [0.29, 0.717) is 17.8 Å². The van der Waals surface area contributed by atoms with E-state index in [9.17, 15) is 13.5 Å². The number of nitrogens with one attached hydrogen (secondary N) is 2. The highest BCUT2D eigenvalue weighted by molar-refractivity contribution is 7.89. The van der Waals surface area contributed by atoms with Gasteiger partial charge in [-0.1, -0.05) is 0 Å². The number of nitrogens with two attached hydrogens (primary N) is 1. The van der Waals surface area contributed by atoms with Gasteiger partial charge in [0.1, 0.15) is 5.75 Å². The minimum Gasteiger partial charge on any atom is -0.508 e. The van der Waals surface area contributed by atoms with Gasteiger partial charge in [-0.25, -0.2) is 13.1 Å². The van der Waals surface area contributed by atoms with Crippen molar-refractivity contribution in [2.45, 2.75) is 11.4 Å². The highest BCUT2D eigenvalue weighted by atomic mass is 32.2. The fourth-order valence-electron chi connectivity index (χ4n) is 1.81. The molecule has 0 saturated carbocycles. The van der Waals surface area contributed by atoms with E-state index in [1.54, 1.807) is 24.3 Å². The van der Waals surface area contributed by atoms with Crippen molar-refractivity contribution >= 4 is 21.4 Å². The Hall–Kier alpha value is -2.25. The molecule has 6 nitrogen and oxygen atoms in total. The Morgan fingerprint density at radius 3 is 2.43 bits per heavy atom. The number of hydrogen-bond donors (Lipinski definition) is 4. The van der Waals surface area contributed by atoms with Crippen LogP contribution in [-0.4, -0.2) is 20.6 Å². The molecule has 2 aromatic rings. The van der Waals surface area contributed by atoms with Gasteiger partial charge in [0.05, 0.1) is 4.90 Å². The Kier molecular flexibility index (Phi) is 4.35. The van der Waals surface area contributed by atoms with E-state index in [0.717, 1.165) is 5.69 Å². The summed E-state index contributed by atoms with van der Waals surface area (Å²) in [4.78, 5) is 0.197. The molecule has 0 aromatic heterocycles. The third-order valence-corrected chi connectivity index (χ3v) is 4.45. The molecule has 7 heteroatoms. The van der Waals surface area contributed by atoms with Crippen LogP contribution in [0.4, 0.5) is 11.4 Å². The molecule has 0 saturated heterocycles. The topological polar surface area (TPSA) is 104 Å². The Balaban J connectivity index is 2.09. The fraction of sp³-hybridized carbons (Fsp3) is 0.143. The molecule has 0 unspecified atom stereocenters. The average molecular weight is 307 g/mol. The molecule has 112 valence electrons. The molecule has 21 heavy (non-hydrogen) atoms. The molecule has 0 fully saturated rings. The normalized spacial score (nSPS) is 11.3. The Labute approximate surface area is 123 Å². The summed E-state index contributed by atoms with van der Waals surface area (Å²) in [6, 6.07) is 11.2. The number of benzene rings is 2. The Morgan fingerprint density at radius 2 is 1.81 bits per heavy atom. The zero-order valence-electron chi connectivity index (χ0n) is 11.5. The molecule has 2 aromatic carbocycles.